The van der Waals surface area contributed by atoms with Crippen LogP contribution in [0.4, 0.5) is 0 Å². The highest BCUT2D eigenvalue weighted by molar-refractivity contribution is 7.13. The van der Waals surface area contributed by atoms with Gasteiger partial charge in [-0.15, -0.1) is 11.3 Å². The highest BCUT2D eigenvalue weighted by atomic mass is 35.5. The van der Waals surface area contributed by atoms with Crippen LogP contribution in [-0.2, 0) is 11.2 Å². The molecule has 5 heteroatoms. The Bertz CT molecular complexity index is 568. The number of aromatic nitrogens is 1. The van der Waals surface area contributed by atoms with Gasteiger partial charge in [0.15, 0.2) is 0 Å². The minimum Gasteiger partial charge on any atom is -0.356 e. The van der Waals surface area contributed by atoms with Gasteiger partial charge in [-0.05, 0) is 12.5 Å². The molecule has 0 aliphatic heterocycles. The van der Waals surface area contributed by atoms with Gasteiger partial charge in [-0.25, -0.2) is 4.98 Å². The van der Waals surface area contributed by atoms with Crippen LogP contribution in [0.3, 0.4) is 0 Å². The standard InChI is InChI=1S/C14H15ClN2OS/c1-2-7-16-13(18)8-10-9-19-14(17-10)11-5-3-4-6-12(11)15/h3-6,9H,2,7-8H2,1H3,(H,16,18). The number of carbonyl (C=O) groups is 1. The summed E-state index contributed by atoms with van der Waals surface area (Å²) in [7, 11) is 0. The minimum absolute atomic E-state index is 0.0119. The van der Waals surface area contributed by atoms with E-state index in [4.69, 9.17) is 11.6 Å². The lowest BCUT2D eigenvalue weighted by Crippen LogP contribution is -2.25. The third-order valence-electron chi connectivity index (χ3n) is 2.57. The zero-order valence-electron chi connectivity index (χ0n) is 10.6. The first-order chi connectivity index (χ1) is 9.20. The number of carbonyl (C=O) groups excluding carboxylic acids is 1. The predicted molar refractivity (Wildman–Crippen MR) is 79.6 cm³/mol. The summed E-state index contributed by atoms with van der Waals surface area (Å²) in [6.07, 6.45) is 1.26. The Morgan fingerprint density at radius 2 is 2.21 bits per heavy atom. The van der Waals surface area contributed by atoms with Crippen LogP contribution in [0.2, 0.25) is 5.02 Å². The molecule has 0 aliphatic carbocycles. The van der Waals surface area contributed by atoms with Gasteiger partial charge < -0.3 is 5.32 Å². The summed E-state index contributed by atoms with van der Waals surface area (Å²) < 4.78 is 0. The van der Waals surface area contributed by atoms with E-state index in [0.29, 0.717) is 18.0 Å². The average Bonchev–Trinajstić information content (AvgIpc) is 2.85. The van der Waals surface area contributed by atoms with Crippen LogP contribution in [0.1, 0.15) is 19.0 Å². The molecule has 1 amide bonds. The van der Waals surface area contributed by atoms with E-state index in [-0.39, 0.29) is 5.91 Å². The molecule has 1 heterocycles. The van der Waals surface area contributed by atoms with Crippen LogP contribution in [0, 0.1) is 0 Å². The Morgan fingerprint density at radius 1 is 1.42 bits per heavy atom. The summed E-state index contributed by atoms with van der Waals surface area (Å²) in [6.45, 7) is 2.74. The van der Waals surface area contributed by atoms with Gasteiger partial charge in [0.2, 0.25) is 5.91 Å². The SMILES string of the molecule is CCCNC(=O)Cc1csc(-c2ccccc2Cl)n1. The van der Waals surface area contributed by atoms with Crippen LogP contribution in [0.25, 0.3) is 10.6 Å². The summed E-state index contributed by atoms with van der Waals surface area (Å²) in [5.41, 5.74) is 1.70. The summed E-state index contributed by atoms with van der Waals surface area (Å²) in [6, 6.07) is 7.59. The van der Waals surface area contributed by atoms with E-state index < -0.39 is 0 Å². The van der Waals surface area contributed by atoms with Crippen LogP contribution < -0.4 is 5.32 Å². The summed E-state index contributed by atoms with van der Waals surface area (Å²) >= 11 is 7.64. The first-order valence-corrected chi connectivity index (χ1v) is 7.42. The van der Waals surface area contributed by atoms with Crippen molar-refractivity contribution < 1.29 is 4.79 Å². The predicted octanol–water partition coefficient (Wildman–Crippen LogP) is 3.53. The summed E-state index contributed by atoms with van der Waals surface area (Å²) in [5.74, 6) is 0.0119. The van der Waals surface area contributed by atoms with Gasteiger partial charge >= 0.3 is 0 Å². The van der Waals surface area contributed by atoms with Crippen molar-refractivity contribution in [2.24, 2.45) is 0 Å². The van der Waals surface area contributed by atoms with E-state index in [2.05, 4.69) is 10.3 Å². The van der Waals surface area contributed by atoms with Gasteiger partial charge in [-0.3, -0.25) is 4.79 Å². The van der Waals surface area contributed by atoms with Gasteiger partial charge in [0.05, 0.1) is 17.1 Å². The topological polar surface area (TPSA) is 42.0 Å². The van der Waals surface area contributed by atoms with Crippen molar-refractivity contribution in [3.05, 3.63) is 40.4 Å². The molecule has 2 aromatic rings. The van der Waals surface area contributed by atoms with Crippen molar-refractivity contribution in [3.8, 4) is 10.6 Å². The van der Waals surface area contributed by atoms with Gasteiger partial charge in [-0.2, -0.15) is 0 Å². The lowest BCUT2D eigenvalue weighted by atomic mass is 10.2. The minimum atomic E-state index is 0.0119. The fraction of sp³-hybridized carbons (Fsp3) is 0.286. The average molecular weight is 295 g/mol. The third kappa shape index (κ3) is 3.78. The maximum absolute atomic E-state index is 11.6. The number of thiazole rings is 1. The molecule has 3 nitrogen and oxygen atoms in total. The van der Waals surface area contributed by atoms with Crippen LogP contribution in [0.15, 0.2) is 29.6 Å². The van der Waals surface area contributed by atoms with E-state index in [1.165, 1.54) is 11.3 Å². The molecule has 0 fully saturated rings. The molecule has 0 atom stereocenters. The normalized spacial score (nSPS) is 10.4. The highest BCUT2D eigenvalue weighted by Gasteiger charge is 2.10. The molecule has 0 radical (unpaired) electrons. The fourth-order valence-electron chi connectivity index (χ4n) is 1.64. The first kappa shape index (κ1) is 14.0. The van der Waals surface area contributed by atoms with Crippen molar-refractivity contribution in [2.75, 3.05) is 6.54 Å². The van der Waals surface area contributed by atoms with Gasteiger partial charge in [-0.1, -0.05) is 36.7 Å². The van der Waals surface area contributed by atoms with Crippen molar-refractivity contribution >= 4 is 28.8 Å². The number of rotatable bonds is 5. The lowest BCUT2D eigenvalue weighted by Gasteiger charge is -2.01. The Morgan fingerprint density at radius 3 is 2.95 bits per heavy atom. The molecule has 1 aromatic heterocycles. The van der Waals surface area contributed by atoms with Crippen molar-refractivity contribution in [1.29, 1.82) is 0 Å². The number of nitrogens with zero attached hydrogens (tertiary/aromatic N) is 1. The van der Waals surface area contributed by atoms with Crippen molar-refractivity contribution in [2.45, 2.75) is 19.8 Å². The second kappa shape index (κ2) is 6.68. The van der Waals surface area contributed by atoms with Gasteiger partial charge in [0.1, 0.15) is 5.01 Å². The molecule has 0 saturated heterocycles. The number of hydrogen-bond donors (Lipinski definition) is 1. The number of hydrogen-bond acceptors (Lipinski definition) is 3. The van der Waals surface area contributed by atoms with E-state index >= 15 is 0 Å². The molecule has 1 N–H and O–H groups in total. The Hall–Kier alpha value is -1.39. The first-order valence-electron chi connectivity index (χ1n) is 6.16. The molecule has 0 spiro atoms. The van der Waals surface area contributed by atoms with E-state index in [9.17, 15) is 4.79 Å². The lowest BCUT2D eigenvalue weighted by molar-refractivity contribution is -0.120. The molecule has 19 heavy (non-hydrogen) atoms. The zero-order chi connectivity index (χ0) is 13.7. The van der Waals surface area contributed by atoms with Crippen LogP contribution in [0.5, 0.6) is 0 Å². The molecule has 2 rings (SSSR count). The Labute approximate surface area is 121 Å². The maximum Gasteiger partial charge on any atom is 0.226 e. The molecule has 0 saturated carbocycles. The second-order valence-electron chi connectivity index (χ2n) is 4.15. The van der Waals surface area contributed by atoms with Crippen molar-refractivity contribution in [1.82, 2.24) is 10.3 Å². The van der Waals surface area contributed by atoms with E-state index in [0.717, 1.165) is 22.7 Å². The number of amides is 1. The van der Waals surface area contributed by atoms with E-state index in [1.54, 1.807) is 0 Å². The van der Waals surface area contributed by atoms with Crippen LogP contribution >= 0.6 is 22.9 Å². The maximum atomic E-state index is 11.6. The van der Waals surface area contributed by atoms with Gasteiger partial charge in [0, 0.05) is 17.5 Å². The Kier molecular flexibility index (Phi) is 4.93. The monoisotopic (exact) mass is 294 g/mol. The Balaban J connectivity index is 2.07. The molecule has 1 aromatic carbocycles. The fourth-order valence-corrected chi connectivity index (χ4v) is 2.78. The molecule has 0 unspecified atom stereocenters. The number of halogens is 1. The third-order valence-corrected chi connectivity index (χ3v) is 3.82. The summed E-state index contributed by atoms with van der Waals surface area (Å²) in [5, 5.41) is 6.28. The van der Waals surface area contributed by atoms with E-state index in [1.807, 2.05) is 36.6 Å². The second-order valence-corrected chi connectivity index (χ2v) is 5.42. The number of benzene rings is 1. The van der Waals surface area contributed by atoms with Crippen LogP contribution in [-0.4, -0.2) is 17.4 Å². The smallest absolute Gasteiger partial charge is 0.226 e. The molecular weight excluding hydrogens is 280 g/mol. The zero-order valence-corrected chi connectivity index (χ0v) is 12.2. The highest BCUT2D eigenvalue weighted by Crippen LogP contribution is 2.30. The molecule has 0 aliphatic rings. The summed E-state index contributed by atoms with van der Waals surface area (Å²) in [4.78, 5) is 16.1. The molecule has 100 valence electrons. The largest absolute Gasteiger partial charge is 0.356 e. The van der Waals surface area contributed by atoms with Gasteiger partial charge in [0.25, 0.3) is 0 Å². The molecule has 0 bridgehead atoms. The quantitative estimate of drug-likeness (QED) is 0.916. The molecular formula is C14H15ClN2OS. The number of nitrogens with one attached hydrogen (secondary N) is 1. The van der Waals surface area contributed by atoms with Crippen molar-refractivity contribution in [3.63, 3.8) is 0 Å².